The van der Waals surface area contributed by atoms with E-state index in [1.807, 2.05) is 6.42 Å². The third-order valence-corrected chi connectivity index (χ3v) is 4.60. The first-order valence-electron chi connectivity index (χ1n) is 7.44. The predicted octanol–water partition coefficient (Wildman–Crippen LogP) is 3.16. The molecule has 2 aliphatic carbocycles. The van der Waals surface area contributed by atoms with Gasteiger partial charge in [0.1, 0.15) is 0 Å². The number of hydrogen-bond donors (Lipinski definition) is 3. The fraction of sp³-hybridized carbons (Fsp3) is 0.353. The van der Waals surface area contributed by atoms with Gasteiger partial charge in [0.25, 0.3) is 0 Å². The first kappa shape index (κ1) is 29.4. The summed E-state index contributed by atoms with van der Waals surface area (Å²) < 4.78 is 57.5. The molecule has 0 heterocycles. The van der Waals surface area contributed by atoms with Crippen LogP contribution in [0.3, 0.4) is 0 Å². The van der Waals surface area contributed by atoms with Gasteiger partial charge in [-0.3, -0.25) is 4.55 Å². The molecule has 0 atom stereocenters. The average molecular weight is 495 g/mol. The molecule has 0 saturated heterocycles. The van der Waals surface area contributed by atoms with Gasteiger partial charge in [-0.25, -0.2) is 0 Å². The molecule has 0 aromatic carbocycles. The van der Waals surface area contributed by atoms with Gasteiger partial charge in [0, 0.05) is 38.0 Å². The van der Waals surface area contributed by atoms with Crippen molar-refractivity contribution >= 4 is 10.1 Å². The van der Waals surface area contributed by atoms with E-state index in [2.05, 4.69) is 34.6 Å². The van der Waals surface area contributed by atoms with Crippen LogP contribution in [-0.4, -0.2) is 18.5 Å². The van der Waals surface area contributed by atoms with Crippen molar-refractivity contribution in [3.05, 3.63) is 67.4 Å². The Morgan fingerprint density at radius 1 is 0.815 bits per heavy atom. The molecule has 10 heteroatoms. The molecule has 5 N–H and O–H groups in total. The van der Waals surface area contributed by atoms with E-state index in [-0.39, 0.29) is 19.5 Å². The van der Waals surface area contributed by atoms with Crippen LogP contribution in [0.5, 0.6) is 0 Å². The Kier molecular flexibility index (Phi) is 13.1. The van der Waals surface area contributed by atoms with Crippen LogP contribution < -0.4 is 11.5 Å². The second-order valence-electron chi connectivity index (χ2n) is 5.72. The summed E-state index contributed by atoms with van der Waals surface area (Å²) in [5.74, 6) is 7.34. The van der Waals surface area contributed by atoms with E-state index in [1.54, 1.807) is 19.3 Å². The SMILES string of the molecule is C[C]1[C](C)[C](C)[C](C)[C]1C.N[C]1[CH][CH][CH][C](N)[CH]1.O=S(=O)(O)C(F)(F)F.[Ru]. The summed E-state index contributed by atoms with van der Waals surface area (Å²) in [7, 11) is -5.84. The molecular weight excluding hydrogens is 470 g/mol. The smallest absolute Gasteiger partial charge is 0.323 e. The van der Waals surface area contributed by atoms with E-state index in [0.29, 0.717) is 12.1 Å². The molecule has 155 valence electrons. The van der Waals surface area contributed by atoms with Gasteiger partial charge in [0.05, 0.1) is 0 Å². The van der Waals surface area contributed by atoms with E-state index in [0.717, 1.165) is 0 Å². The summed E-state index contributed by atoms with van der Waals surface area (Å²) in [5, 5.41) is 0. The summed E-state index contributed by atoms with van der Waals surface area (Å²) in [6.07, 6.45) is 7.15. The fourth-order valence-electron chi connectivity index (χ4n) is 1.97. The topological polar surface area (TPSA) is 106 Å². The molecule has 0 aromatic heterocycles. The van der Waals surface area contributed by atoms with Gasteiger partial charge in [0.15, 0.2) is 0 Å². The number of hydrogen-bond acceptors (Lipinski definition) is 4. The number of rotatable bonds is 0. The Morgan fingerprint density at radius 3 is 1.15 bits per heavy atom. The average Bonchev–Trinajstić information content (AvgIpc) is 2.64. The van der Waals surface area contributed by atoms with E-state index < -0.39 is 15.6 Å². The Morgan fingerprint density at radius 2 is 1.04 bits per heavy atom. The van der Waals surface area contributed by atoms with Gasteiger partial charge in [-0.2, -0.15) is 21.6 Å². The molecule has 2 aliphatic rings. The second-order valence-corrected chi connectivity index (χ2v) is 7.13. The standard InChI is InChI=1S/C10H15.C6H8N2.CHF3O3S.Ru/c1-6-7(2)9(4)10(5)8(6)3;7-5-2-1-3-6(8)4-5;2-1(3,4)8(5,6)7;/h1-5H3;1-4H,7-8H2;(H,5,6,7);. The molecule has 0 bridgehead atoms. The van der Waals surface area contributed by atoms with E-state index in [1.165, 1.54) is 29.6 Å². The maximum absolute atomic E-state index is 10.7. The quantitative estimate of drug-likeness (QED) is 0.273. The number of nitrogens with two attached hydrogens (primary N) is 2. The van der Waals surface area contributed by atoms with Gasteiger partial charge < -0.3 is 11.5 Å². The monoisotopic (exact) mass is 495 g/mol. The molecule has 0 unspecified atom stereocenters. The second kappa shape index (κ2) is 12.1. The third-order valence-electron chi connectivity index (χ3n) is 4.02. The molecule has 2 fully saturated rings. The normalized spacial score (nSPS) is 22.5. The van der Waals surface area contributed by atoms with Crippen LogP contribution in [0.1, 0.15) is 34.6 Å². The first-order chi connectivity index (χ1) is 11.6. The third kappa shape index (κ3) is 10.0. The van der Waals surface area contributed by atoms with Gasteiger partial charge in [0.2, 0.25) is 0 Å². The molecule has 2 saturated carbocycles. The van der Waals surface area contributed by atoms with Crippen molar-refractivity contribution in [1.82, 2.24) is 0 Å². The van der Waals surface area contributed by atoms with Crippen LogP contribution >= 0.6 is 0 Å². The van der Waals surface area contributed by atoms with Gasteiger partial charge >= 0.3 is 15.6 Å². The summed E-state index contributed by atoms with van der Waals surface area (Å²) in [6.45, 7) is 11.0. The molecule has 0 amide bonds. The Labute approximate surface area is 174 Å². The van der Waals surface area contributed by atoms with Crippen LogP contribution in [0.15, 0.2) is 0 Å². The molecule has 0 aliphatic heterocycles. The van der Waals surface area contributed by atoms with Crippen LogP contribution in [0.25, 0.3) is 0 Å². The van der Waals surface area contributed by atoms with Crippen molar-refractivity contribution in [2.24, 2.45) is 11.5 Å². The van der Waals surface area contributed by atoms with Crippen molar-refractivity contribution in [2.45, 2.75) is 40.1 Å². The molecule has 0 spiro atoms. The summed E-state index contributed by atoms with van der Waals surface area (Å²) in [5.41, 5.74) is 5.22. The zero-order chi connectivity index (χ0) is 20.9. The molecular formula is C17H24F3N2O3RuS. The molecule has 5 nitrogen and oxygen atoms in total. The first-order valence-corrected chi connectivity index (χ1v) is 8.88. The van der Waals surface area contributed by atoms with Crippen LogP contribution in [0, 0.1) is 67.4 Å². The minimum absolute atomic E-state index is 0. The van der Waals surface area contributed by atoms with Crippen molar-refractivity contribution in [3.8, 4) is 0 Å². The van der Waals surface area contributed by atoms with Crippen molar-refractivity contribution in [1.29, 1.82) is 0 Å². The minimum Gasteiger partial charge on any atom is -0.323 e. The van der Waals surface area contributed by atoms with Crippen LogP contribution in [0.4, 0.5) is 13.2 Å². The Balaban J connectivity index is 0. The van der Waals surface area contributed by atoms with E-state index in [9.17, 15) is 13.2 Å². The zero-order valence-electron chi connectivity index (χ0n) is 15.6. The maximum Gasteiger partial charge on any atom is 0.522 e. The minimum atomic E-state index is -5.84. The van der Waals surface area contributed by atoms with Crippen LogP contribution in [0.2, 0.25) is 0 Å². The Bertz CT molecular complexity index is 467. The summed E-state index contributed by atoms with van der Waals surface area (Å²) >= 11 is 0. The largest absolute Gasteiger partial charge is 0.522 e. The molecule has 0 aromatic rings. The summed E-state index contributed by atoms with van der Waals surface area (Å²) in [6, 6.07) is 1.43. The van der Waals surface area contributed by atoms with Gasteiger partial charge in [-0.15, -0.1) is 0 Å². The molecule has 27 heavy (non-hydrogen) atoms. The van der Waals surface area contributed by atoms with Gasteiger partial charge in [-0.05, 0) is 48.9 Å². The number of halogens is 3. The zero-order valence-corrected chi connectivity index (χ0v) is 18.2. The predicted molar refractivity (Wildman–Crippen MR) is 94.2 cm³/mol. The number of alkyl halides is 3. The maximum atomic E-state index is 10.7. The molecule has 11 radical (unpaired) electrons. The van der Waals surface area contributed by atoms with Crippen molar-refractivity contribution in [3.63, 3.8) is 0 Å². The summed E-state index contributed by atoms with van der Waals surface area (Å²) in [4.78, 5) is 0. The van der Waals surface area contributed by atoms with E-state index in [4.69, 9.17) is 24.4 Å². The van der Waals surface area contributed by atoms with Crippen molar-refractivity contribution in [2.75, 3.05) is 0 Å². The van der Waals surface area contributed by atoms with Crippen LogP contribution in [-0.2, 0) is 29.6 Å². The van der Waals surface area contributed by atoms with E-state index >= 15 is 0 Å². The van der Waals surface area contributed by atoms with Gasteiger partial charge in [-0.1, -0.05) is 34.6 Å². The fourth-order valence-corrected chi connectivity index (χ4v) is 1.97. The van der Waals surface area contributed by atoms with Crippen molar-refractivity contribution < 1.29 is 45.6 Å². The Hall–Kier alpha value is 0.243. The molecule has 2 rings (SSSR count).